The summed E-state index contributed by atoms with van der Waals surface area (Å²) in [5.74, 6) is 1.94. The predicted molar refractivity (Wildman–Crippen MR) is 80.8 cm³/mol. The summed E-state index contributed by atoms with van der Waals surface area (Å²) in [5, 5.41) is 0. The Labute approximate surface area is 127 Å². The maximum absolute atomic E-state index is 13.4. The van der Waals surface area contributed by atoms with Gasteiger partial charge in [0.1, 0.15) is 5.82 Å². The molecule has 1 aromatic rings. The van der Waals surface area contributed by atoms with Gasteiger partial charge < -0.3 is 4.90 Å². The standard InChI is InChI=1S/C16H17BrFNO/c1-2-10-19(13-6-4-3-5-7-13)16(20)14-11-12(18)8-9-15(14)17/h1,8-9,11,13H,3-7,10H2. The van der Waals surface area contributed by atoms with Gasteiger partial charge in [-0.15, -0.1) is 6.42 Å². The molecule has 2 rings (SSSR count). The lowest BCUT2D eigenvalue weighted by Crippen LogP contribution is -2.41. The second-order valence-corrected chi connectivity index (χ2v) is 5.91. The number of terminal acetylenes is 1. The molecule has 0 aliphatic heterocycles. The van der Waals surface area contributed by atoms with E-state index in [2.05, 4.69) is 21.9 Å². The Morgan fingerprint density at radius 2 is 2.10 bits per heavy atom. The van der Waals surface area contributed by atoms with Gasteiger partial charge in [-0.1, -0.05) is 25.2 Å². The Morgan fingerprint density at radius 3 is 2.75 bits per heavy atom. The highest BCUT2D eigenvalue weighted by Crippen LogP contribution is 2.26. The van der Waals surface area contributed by atoms with E-state index in [1.165, 1.54) is 18.6 Å². The monoisotopic (exact) mass is 337 g/mol. The average Bonchev–Trinajstić information content (AvgIpc) is 2.47. The lowest BCUT2D eigenvalue weighted by Gasteiger charge is -2.33. The van der Waals surface area contributed by atoms with E-state index in [0.29, 0.717) is 10.0 Å². The molecule has 20 heavy (non-hydrogen) atoms. The van der Waals surface area contributed by atoms with Gasteiger partial charge >= 0.3 is 0 Å². The normalized spacial score (nSPS) is 15.7. The van der Waals surface area contributed by atoms with Crippen molar-refractivity contribution in [3.8, 4) is 12.3 Å². The summed E-state index contributed by atoms with van der Waals surface area (Å²) < 4.78 is 14.0. The zero-order valence-corrected chi connectivity index (χ0v) is 12.8. The summed E-state index contributed by atoms with van der Waals surface area (Å²) in [6, 6.07) is 4.31. The molecule has 1 amide bonds. The summed E-state index contributed by atoms with van der Waals surface area (Å²) in [7, 11) is 0. The number of amides is 1. The predicted octanol–water partition coefficient (Wildman–Crippen LogP) is 4.00. The molecule has 1 fully saturated rings. The fraction of sp³-hybridized carbons (Fsp3) is 0.438. The van der Waals surface area contributed by atoms with Gasteiger partial charge in [0.2, 0.25) is 0 Å². The van der Waals surface area contributed by atoms with E-state index in [1.807, 2.05) is 0 Å². The summed E-state index contributed by atoms with van der Waals surface area (Å²) in [6.45, 7) is 0.270. The Bertz CT molecular complexity index is 532. The smallest absolute Gasteiger partial charge is 0.256 e. The Balaban J connectivity index is 2.26. The van der Waals surface area contributed by atoms with Gasteiger partial charge in [-0.3, -0.25) is 4.79 Å². The van der Waals surface area contributed by atoms with E-state index in [0.717, 1.165) is 25.7 Å². The molecule has 0 heterocycles. The Morgan fingerprint density at radius 1 is 1.40 bits per heavy atom. The lowest BCUT2D eigenvalue weighted by atomic mass is 9.93. The van der Waals surface area contributed by atoms with E-state index in [-0.39, 0.29) is 18.5 Å². The fourth-order valence-corrected chi connectivity index (χ4v) is 3.09. The van der Waals surface area contributed by atoms with Gasteiger partial charge in [0.15, 0.2) is 0 Å². The first-order valence-corrected chi connectivity index (χ1v) is 7.62. The van der Waals surface area contributed by atoms with Crippen LogP contribution in [0, 0.1) is 18.2 Å². The third-order valence-electron chi connectivity index (χ3n) is 3.70. The van der Waals surface area contributed by atoms with Gasteiger partial charge in [0.25, 0.3) is 5.91 Å². The number of hydrogen-bond donors (Lipinski definition) is 0. The molecule has 1 aliphatic carbocycles. The average molecular weight is 338 g/mol. The topological polar surface area (TPSA) is 20.3 Å². The lowest BCUT2D eigenvalue weighted by molar-refractivity contribution is 0.0666. The third kappa shape index (κ3) is 3.40. The van der Waals surface area contributed by atoms with Crippen molar-refractivity contribution in [2.45, 2.75) is 38.1 Å². The van der Waals surface area contributed by atoms with Crippen LogP contribution in [-0.2, 0) is 0 Å². The summed E-state index contributed by atoms with van der Waals surface area (Å²) in [6.07, 6.45) is 10.8. The van der Waals surface area contributed by atoms with Gasteiger partial charge in [-0.2, -0.15) is 0 Å². The molecule has 0 atom stereocenters. The van der Waals surface area contributed by atoms with Crippen LogP contribution >= 0.6 is 15.9 Å². The van der Waals surface area contributed by atoms with E-state index in [1.54, 1.807) is 11.0 Å². The summed E-state index contributed by atoms with van der Waals surface area (Å²) in [4.78, 5) is 14.3. The van der Waals surface area contributed by atoms with Gasteiger partial charge in [-0.05, 0) is 47.0 Å². The minimum atomic E-state index is -0.416. The molecule has 1 aliphatic rings. The summed E-state index contributed by atoms with van der Waals surface area (Å²) in [5.41, 5.74) is 0.339. The maximum Gasteiger partial charge on any atom is 0.256 e. The number of hydrogen-bond acceptors (Lipinski definition) is 1. The van der Waals surface area contributed by atoms with E-state index in [4.69, 9.17) is 6.42 Å². The van der Waals surface area contributed by atoms with E-state index < -0.39 is 5.82 Å². The first-order valence-electron chi connectivity index (χ1n) is 6.83. The molecule has 0 spiro atoms. The Hall–Kier alpha value is -1.34. The largest absolute Gasteiger partial charge is 0.324 e. The van der Waals surface area contributed by atoms with Crippen molar-refractivity contribution in [3.63, 3.8) is 0 Å². The van der Waals surface area contributed by atoms with E-state index in [9.17, 15) is 9.18 Å². The number of carbonyl (C=O) groups is 1. The van der Waals surface area contributed by atoms with Crippen LogP contribution in [-0.4, -0.2) is 23.4 Å². The Kier molecular flexibility index (Phi) is 5.19. The maximum atomic E-state index is 13.4. The zero-order valence-electron chi connectivity index (χ0n) is 11.2. The van der Waals surface area contributed by atoms with Crippen molar-refractivity contribution in [2.75, 3.05) is 6.54 Å². The number of rotatable bonds is 3. The molecule has 0 bridgehead atoms. The van der Waals surface area contributed by atoms with Crippen LogP contribution in [0.25, 0.3) is 0 Å². The van der Waals surface area contributed by atoms with Crippen molar-refractivity contribution in [3.05, 3.63) is 34.1 Å². The zero-order chi connectivity index (χ0) is 14.5. The van der Waals surface area contributed by atoms with Crippen molar-refractivity contribution < 1.29 is 9.18 Å². The van der Waals surface area contributed by atoms with Crippen molar-refractivity contribution >= 4 is 21.8 Å². The van der Waals surface area contributed by atoms with Crippen molar-refractivity contribution in [1.82, 2.24) is 4.90 Å². The quantitative estimate of drug-likeness (QED) is 0.763. The van der Waals surface area contributed by atoms with Crippen molar-refractivity contribution in [2.24, 2.45) is 0 Å². The molecular formula is C16H17BrFNO. The molecule has 0 saturated heterocycles. The summed E-state index contributed by atoms with van der Waals surface area (Å²) >= 11 is 3.31. The number of nitrogens with zero attached hydrogens (tertiary/aromatic N) is 1. The van der Waals surface area contributed by atoms with Crippen LogP contribution < -0.4 is 0 Å². The SMILES string of the molecule is C#CCN(C(=O)c1cc(F)ccc1Br)C1CCCCC1. The molecule has 106 valence electrons. The van der Waals surface area contributed by atoms with Gasteiger partial charge in [0, 0.05) is 10.5 Å². The van der Waals surface area contributed by atoms with E-state index >= 15 is 0 Å². The molecule has 0 radical (unpaired) electrons. The molecule has 2 nitrogen and oxygen atoms in total. The highest BCUT2D eigenvalue weighted by atomic mass is 79.9. The van der Waals surface area contributed by atoms with Gasteiger partial charge in [-0.25, -0.2) is 4.39 Å². The minimum absolute atomic E-state index is 0.169. The van der Waals surface area contributed by atoms with Crippen LogP contribution in [0.3, 0.4) is 0 Å². The first kappa shape index (κ1) is 15.1. The fourth-order valence-electron chi connectivity index (χ4n) is 2.67. The second kappa shape index (κ2) is 6.90. The van der Waals surface area contributed by atoms with Crippen LogP contribution in [0.1, 0.15) is 42.5 Å². The molecule has 0 unspecified atom stereocenters. The van der Waals surface area contributed by atoms with Crippen molar-refractivity contribution in [1.29, 1.82) is 0 Å². The molecule has 0 N–H and O–H groups in total. The number of benzene rings is 1. The minimum Gasteiger partial charge on any atom is -0.324 e. The molecular weight excluding hydrogens is 321 g/mol. The van der Waals surface area contributed by atoms with Crippen LogP contribution in [0.4, 0.5) is 4.39 Å². The molecule has 0 aromatic heterocycles. The van der Waals surface area contributed by atoms with Crippen LogP contribution in [0.2, 0.25) is 0 Å². The number of carbonyl (C=O) groups excluding carboxylic acids is 1. The molecule has 1 aromatic carbocycles. The molecule has 4 heteroatoms. The first-order chi connectivity index (χ1) is 9.63. The third-order valence-corrected chi connectivity index (χ3v) is 4.39. The highest BCUT2D eigenvalue weighted by molar-refractivity contribution is 9.10. The number of halogens is 2. The molecule has 1 saturated carbocycles. The van der Waals surface area contributed by atoms with Crippen LogP contribution in [0.5, 0.6) is 0 Å². The van der Waals surface area contributed by atoms with Gasteiger partial charge in [0.05, 0.1) is 12.1 Å². The second-order valence-electron chi connectivity index (χ2n) is 5.05. The highest BCUT2D eigenvalue weighted by Gasteiger charge is 2.26. The van der Waals surface area contributed by atoms with Crippen LogP contribution in [0.15, 0.2) is 22.7 Å².